The molecule has 0 aromatic heterocycles. The predicted molar refractivity (Wildman–Crippen MR) is 157 cm³/mol. The average Bonchev–Trinajstić information content (AvgIpc) is 3.67. The first-order valence-electron chi connectivity index (χ1n) is 16.5. The average molecular weight is 675 g/mol. The van der Waals surface area contributed by atoms with Gasteiger partial charge in [-0.05, 0) is 52.0 Å². The Kier molecular flexibility index (Phi) is 6.99. The van der Waals surface area contributed by atoms with Crippen LogP contribution >= 0.6 is 0 Å². The first kappa shape index (κ1) is 33.5. The van der Waals surface area contributed by atoms with Crippen LogP contribution in [0.5, 0.6) is 0 Å². The molecule has 4 N–H and O–H groups in total. The smallest absolute Gasteiger partial charge is 0.343 e. The Morgan fingerprint density at radius 2 is 1.46 bits per heavy atom. The van der Waals surface area contributed by atoms with Gasteiger partial charge in [-0.25, -0.2) is 4.79 Å². The zero-order valence-electron chi connectivity index (χ0n) is 27.7. The van der Waals surface area contributed by atoms with Gasteiger partial charge in [0, 0.05) is 43.4 Å². The largest absolute Gasteiger partial charge is 0.459 e. The summed E-state index contributed by atoms with van der Waals surface area (Å²) in [6.07, 6.45) is -8.51. The quantitative estimate of drug-likeness (QED) is 0.166. The molecule has 7 aliphatic rings. The monoisotopic (exact) mass is 674 g/mol. The van der Waals surface area contributed by atoms with Crippen LogP contribution < -0.4 is 0 Å². The third kappa shape index (κ3) is 3.55. The number of aliphatic hydroxyl groups excluding tert-OH is 3. The molecular formula is C34H42O14. The minimum absolute atomic E-state index is 0.0228. The number of ether oxygens (including phenoxy) is 4. The van der Waals surface area contributed by atoms with Crippen LogP contribution in [0.15, 0.2) is 11.8 Å². The maximum atomic E-state index is 14.7. The standard InChI is InChI=1S/C34H42O14/c1-10-8-17-31(6,32(7,44)30(43)48-17)22-19(10)34(12(3)36)20(24(22)40)18-21(27(29(34)42)46-14(5)38)33(11(2)35)15(9-16-25(47-16)28(33)41)23(39)26(18)45-13(4)37/h8,10,15-16,18-22,24-29,40-42,44H,9H2,1-7H3. The van der Waals surface area contributed by atoms with Crippen LogP contribution in [0.3, 0.4) is 0 Å². The fourth-order valence-electron chi connectivity index (χ4n) is 12.0. The Balaban J connectivity index is 1.56. The van der Waals surface area contributed by atoms with Gasteiger partial charge in [-0.1, -0.05) is 6.92 Å². The fourth-order valence-corrected chi connectivity index (χ4v) is 12.0. The molecular weight excluding hydrogens is 632 g/mol. The Morgan fingerprint density at radius 1 is 0.854 bits per heavy atom. The minimum atomic E-state index is -2.21. The number of hydrogen-bond acceptors (Lipinski definition) is 14. The summed E-state index contributed by atoms with van der Waals surface area (Å²) < 4.78 is 22.8. The van der Waals surface area contributed by atoms with Gasteiger partial charge < -0.3 is 39.4 Å². The highest BCUT2D eigenvalue weighted by Gasteiger charge is 2.85. The van der Waals surface area contributed by atoms with E-state index < -0.39 is 141 Å². The van der Waals surface area contributed by atoms with Gasteiger partial charge in [-0.3, -0.25) is 24.0 Å². The molecule has 262 valence electrons. The van der Waals surface area contributed by atoms with Crippen molar-refractivity contribution in [3.05, 3.63) is 11.8 Å². The lowest BCUT2D eigenvalue weighted by atomic mass is 9.39. The second kappa shape index (κ2) is 10.0. The molecule has 48 heavy (non-hydrogen) atoms. The number of esters is 3. The van der Waals surface area contributed by atoms with E-state index in [1.807, 2.05) is 0 Å². The van der Waals surface area contributed by atoms with Crippen LogP contribution in [0.2, 0.25) is 0 Å². The van der Waals surface area contributed by atoms with Crippen LogP contribution in [0.4, 0.5) is 0 Å². The number of allylic oxidation sites excluding steroid dienone is 1. The van der Waals surface area contributed by atoms with E-state index >= 15 is 0 Å². The van der Waals surface area contributed by atoms with Gasteiger partial charge >= 0.3 is 17.9 Å². The van der Waals surface area contributed by atoms with Crippen molar-refractivity contribution in [2.75, 3.05) is 0 Å². The molecule has 0 aromatic rings. The first-order valence-corrected chi connectivity index (χ1v) is 16.5. The molecule has 6 fully saturated rings. The predicted octanol–water partition coefficient (Wildman–Crippen LogP) is -0.591. The highest BCUT2D eigenvalue weighted by atomic mass is 16.6. The van der Waals surface area contributed by atoms with Crippen molar-refractivity contribution in [1.82, 2.24) is 0 Å². The summed E-state index contributed by atoms with van der Waals surface area (Å²) in [5.41, 5.74) is -7.94. The van der Waals surface area contributed by atoms with Crippen molar-refractivity contribution in [2.45, 2.75) is 103 Å². The number of epoxide rings is 1. The third-order valence-corrected chi connectivity index (χ3v) is 13.8. The zero-order valence-corrected chi connectivity index (χ0v) is 27.7. The lowest BCUT2D eigenvalue weighted by Crippen LogP contribution is -2.77. The number of ketones is 3. The first-order chi connectivity index (χ1) is 22.2. The molecule has 2 saturated heterocycles. The number of rotatable bonds is 4. The summed E-state index contributed by atoms with van der Waals surface area (Å²) in [5, 5.41) is 49.0. The molecule has 4 saturated carbocycles. The van der Waals surface area contributed by atoms with Gasteiger partial charge in [-0.2, -0.15) is 0 Å². The Labute approximate surface area is 276 Å². The van der Waals surface area contributed by atoms with E-state index in [0.29, 0.717) is 0 Å². The normalized spacial score (nSPS) is 54.2. The van der Waals surface area contributed by atoms with E-state index in [1.165, 1.54) is 27.7 Å². The number of Topliss-reactive ketones (excluding diaryl/α,β-unsaturated/α-hetero) is 3. The van der Waals surface area contributed by atoms with E-state index in [4.69, 9.17) is 18.9 Å². The lowest BCUT2D eigenvalue weighted by Gasteiger charge is -2.64. The molecule has 5 aliphatic carbocycles. The Morgan fingerprint density at radius 3 is 2.02 bits per heavy atom. The molecule has 0 radical (unpaired) electrons. The molecule has 2 aliphatic heterocycles. The number of fused-ring (bicyclic) bond motifs is 10. The van der Waals surface area contributed by atoms with Crippen LogP contribution in [0.1, 0.15) is 54.9 Å². The molecule has 0 spiro atoms. The lowest BCUT2D eigenvalue weighted by molar-refractivity contribution is -0.264. The highest BCUT2D eigenvalue weighted by molar-refractivity contribution is 5.98. The fraction of sp³-hybridized carbons (Fsp3) is 0.765. The van der Waals surface area contributed by atoms with E-state index in [2.05, 4.69) is 0 Å². The summed E-state index contributed by atoms with van der Waals surface area (Å²) in [6, 6.07) is 0. The molecule has 18 unspecified atom stereocenters. The van der Waals surface area contributed by atoms with E-state index in [-0.39, 0.29) is 12.2 Å². The number of hydrogen-bond donors (Lipinski definition) is 4. The number of carbonyl (C=O) groups excluding carboxylic acids is 6. The highest BCUT2D eigenvalue weighted by Crippen LogP contribution is 2.75. The summed E-state index contributed by atoms with van der Waals surface area (Å²) >= 11 is 0. The Hall–Kier alpha value is -3.04. The molecule has 14 nitrogen and oxygen atoms in total. The van der Waals surface area contributed by atoms with Gasteiger partial charge in [0.25, 0.3) is 0 Å². The summed E-state index contributed by atoms with van der Waals surface area (Å²) in [5.74, 6) is -13.3. The molecule has 2 heterocycles. The summed E-state index contributed by atoms with van der Waals surface area (Å²) in [6.45, 7) is 8.99. The van der Waals surface area contributed by atoms with Gasteiger partial charge in [0.2, 0.25) is 0 Å². The zero-order chi connectivity index (χ0) is 35.4. The van der Waals surface area contributed by atoms with Crippen molar-refractivity contribution in [1.29, 1.82) is 0 Å². The van der Waals surface area contributed by atoms with Gasteiger partial charge in [0.1, 0.15) is 35.6 Å². The van der Waals surface area contributed by atoms with Crippen LogP contribution in [0, 0.1) is 57.7 Å². The van der Waals surface area contributed by atoms with Crippen molar-refractivity contribution in [3.8, 4) is 0 Å². The van der Waals surface area contributed by atoms with E-state index in [9.17, 15) is 49.2 Å². The van der Waals surface area contributed by atoms with Crippen LogP contribution in [-0.2, 0) is 47.7 Å². The van der Waals surface area contributed by atoms with E-state index in [0.717, 1.165) is 13.8 Å². The molecule has 18 atom stereocenters. The van der Waals surface area contributed by atoms with Crippen molar-refractivity contribution >= 4 is 35.3 Å². The number of carbonyl (C=O) groups is 6. The number of aliphatic hydroxyl groups is 4. The molecule has 0 amide bonds. The maximum absolute atomic E-state index is 14.7. The second-order valence-electron chi connectivity index (χ2n) is 15.5. The van der Waals surface area contributed by atoms with Gasteiger partial charge in [0.05, 0.1) is 34.6 Å². The van der Waals surface area contributed by atoms with E-state index in [1.54, 1.807) is 13.0 Å². The molecule has 0 aromatic carbocycles. The van der Waals surface area contributed by atoms with Gasteiger partial charge in [-0.15, -0.1) is 0 Å². The molecule has 14 heteroatoms. The van der Waals surface area contributed by atoms with Crippen LogP contribution in [0.25, 0.3) is 0 Å². The van der Waals surface area contributed by atoms with Crippen molar-refractivity contribution < 1.29 is 68.1 Å². The maximum Gasteiger partial charge on any atom is 0.343 e. The molecule has 7 rings (SSSR count). The summed E-state index contributed by atoms with van der Waals surface area (Å²) in [4.78, 5) is 81.8. The molecule has 0 bridgehead atoms. The third-order valence-electron chi connectivity index (χ3n) is 13.8. The minimum Gasteiger partial charge on any atom is -0.459 e. The van der Waals surface area contributed by atoms with Crippen LogP contribution in [-0.4, -0.2) is 104 Å². The topological polar surface area (TPSA) is 224 Å². The SMILES string of the molecule is CC(=O)OC1C(=O)C2CC3OC3C(O)C2(C(C)=O)C2C(OC(C)=O)C(O)C3(C(C)=O)C(C(O)C4C3C(C)C=C3OC(=O)C(C)(O)C34C)C12. The summed E-state index contributed by atoms with van der Waals surface area (Å²) in [7, 11) is 0. The van der Waals surface area contributed by atoms with Crippen molar-refractivity contribution in [3.63, 3.8) is 0 Å². The van der Waals surface area contributed by atoms with Gasteiger partial charge in [0.15, 0.2) is 17.5 Å². The second-order valence-corrected chi connectivity index (χ2v) is 15.5. The Bertz CT molecular complexity index is 1580. The van der Waals surface area contributed by atoms with Crippen molar-refractivity contribution in [2.24, 2.45) is 57.7 Å².